The van der Waals surface area contributed by atoms with Crippen molar-refractivity contribution < 1.29 is 28.4 Å². The molecule has 8 nitrogen and oxygen atoms in total. The molecule has 0 aliphatic heterocycles. The van der Waals surface area contributed by atoms with Gasteiger partial charge in [0.05, 0.1) is 25.4 Å². The Kier molecular flexibility index (Phi) is 38.1. The van der Waals surface area contributed by atoms with E-state index in [1.54, 1.807) is 6.08 Å². The van der Waals surface area contributed by atoms with Gasteiger partial charge in [-0.2, -0.15) is 0 Å². The zero-order valence-corrected chi connectivity index (χ0v) is 34.6. The lowest BCUT2D eigenvalue weighted by Crippen LogP contribution is -2.45. The molecule has 9 heteroatoms. The van der Waals surface area contributed by atoms with Gasteiger partial charge >= 0.3 is 7.82 Å². The molecule has 0 aromatic heterocycles. The summed E-state index contributed by atoms with van der Waals surface area (Å²) in [7, 11) is -4.36. The van der Waals surface area contributed by atoms with Crippen molar-refractivity contribution in [2.75, 3.05) is 19.8 Å². The predicted octanol–water partition coefficient (Wildman–Crippen LogP) is 11.7. The lowest BCUT2D eigenvalue weighted by atomic mass is 10.1. The van der Waals surface area contributed by atoms with Crippen LogP contribution in [0.25, 0.3) is 0 Å². The largest absolute Gasteiger partial charge is 0.472 e. The first-order valence-corrected chi connectivity index (χ1v) is 22.6. The van der Waals surface area contributed by atoms with Gasteiger partial charge in [0.2, 0.25) is 5.91 Å². The first kappa shape index (κ1) is 50.9. The minimum atomic E-state index is -4.36. The number of unbranched alkanes of at least 4 members (excludes halogenated alkanes) is 16. The number of nitrogens with two attached hydrogens (primary N) is 1. The molecule has 0 radical (unpaired) electrons. The number of rotatable bonds is 38. The van der Waals surface area contributed by atoms with Crippen molar-refractivity contribution in [3.05, 3.63) is 72.9 Å². The maximum Gasteiger partial charge on any atom is 0.472 e. The number of phosphoric acid groups is 1. The molecule has 0 bridgehead atoms. The monoisotopic (exact) mass is 763 g/mol. The lowest BCUT2D eigenvalue weighted by molar-refractivity contribution is -0.123. The fourth-order valence-electron chi connectivity index (χ4n) is 5.59. The Morgan fingerprint density at radius 3 is 1.68 bits per heavy atom. The van der Waals surface area contributed by atoms with Crippen molar-refractivity contribution in [3.63, 3.8) is 0 Å². The van der Waals surface area contributed by atoms with E-state index in [0.29, 0.717) is 6.42 Å². The van der Waals surface area contributed by atoms with E-state index < -0.39 is 20.0 Å². The summed E-state index contributed by atoms with van der Waals surface area (Å²) in [5.41, 5.74) is 5.36. The fourth-order valence-corrected chi connectivity index (χ4v) is 6.35. The molecule has 306 valence electrons. The van der Waals surface area contributed by atoms with Gasteiger partial charge in [-0.3, -0.25) is 13.8 Å². The Labute approximate surface area is 325 Å². The maximum atomic E-state index is 12.7. The number of allylic oxidation sites excluding steroid dienone is 11. The molecule has 0 fully saturated rings. The first-order valence-electron chi connectivity index (χ1n) is 21.1. The number of nitrogens with one attached hydrogen (secondary N) is 1. The van der Waals surface area contributed by atoms with Crippen molar-refractivity contribution in [1.29, 1.82) is 0 Å². The van der Waals surface area contributed by atoms with Gasteiger partial charge in [-0.15, -0.1) is 0 Å². The number of hydrogen-bond acceptors (Lipinski definition) is 6. The van der Waals surface area contributed by atoms with Crippen LogP contribution in [0.4, 0.5) is 0 Å². The van der Waals surface area contributed by atoms with Crippen molar-refractivity contribution in [3.8, 4) is 0 Å². The molecule has 0 aliphatic rings. The number of aliphatic hydroxyl groups excluding tert-OH is 1. The Hall–Kier alpha value is -2.06. The summed E-state index contributed by atoms with van der Waals surface area (Å²) in [5.74, 6) is -0.229. The highest BCUT2D eigenvalue weighted by Gasteiger charge is 2.26. The molecule has 0 heterocycles. The molecule has 53 heavy (non-hydrogen) atoms. The molecular weight excluding hydrogens is 683 g/mol. The number of amides is 1. The quantitative estimate of drug-likeness (QED) is 0.0280. The highest BCUT2D eigenvalue weighted by molar-refractivity contribution is 7.47. The van der Waals surface area contributed by atoms with Gasteiger partial charge < -0.3 is 21.1 Å². The summed E-state index contributed by atoms with van der Waals surface area (Å²) in [5, 5.41) is 13.6. The van der Waals surface area contributed by atoms with Crippen LogP contribution in [0.5, 0.6) is 0 Å². The summed E-state index contributed by atoms with van der Waals surface area (Å²) in [6, 6.07) is -0.895. The second-order valence-electron chi connectivity index (χ2n) is 13.8. The summed E-state index contributed by atoms with van der Waals surface area (Å²) >= 11 is 0. The molecule has 3 unspecified atom stereocenters. The second kappa shape index (κ2) is 39.6. The van der Waals surface area contributed by atoms with Crippen LogP contribution in [0.1, 0.15) is 168 Å². The van der Waals surface area contributed by atoms with Crippen molar-refractivity contribution in [1.82, 2.24) is 5.32 Å². The van der Waals surface area contributed by atoms with Gasteiger partial charge in [-0.25, -0.2) is 4.57 Å². The molecule has 0 saturated carbocycles. The van der Waals surface area contributed by atoms with Crippen LogP contribution in [-0.2, 0) is 18.4 Å². The normalized spacial score (nSPS) is 14.9. The van der Waals surface area contributed by atoms with E-state index in [1.807, 2.05) is 6.08 Å². The third-order valence-corrected chi connectivity index (χ3v) is 9.73. The van der Waals surface area contributed by atoms with E-state index in [2.05, 4.69) is 79.9 Å². The smallest absolute Gasteiger partial charge is 0.387 e. The molecule has 1 amide bonds. The van der Waals surface area contributed by atoms with Gasteiger partial charge in [0.25, 0.3) is 0 Å². The molecule has 0 aromatic carbocycles. The highest BCUT2D eigenvalue weighted by atomic mass is 31.2. The first-order chi connectivity index (χ1) is 25.9. The zero-order valence-electron chi connectivity index (χ0n) is 33.7. The molecule has 0 saturated heterocycles. The van der Waals surface area contributed by atoms with Crippen molar-refractivity contribution in [2.45, 2.75) is 180 Å². The molecular formula is C44H79N2O6P. The third-order valence-electron chi connectivity index (χ3n) is 8.74. The van der Waals surface area contributed by atoms with E-state index in [-0.39, 0.29) is 25.7 Å². The fraction of sp³-hybridized carbons (Fsp3) is 0.705. The average molecular weight is 763 g/mol. The zero-order chi connectivity index (χ0) is 38.9. The van der Waals surface area contributed by atoms with Crippen LogP contribution in [0.2, 0.25) is 0 Å². The van der Waals surface area contributed by atoms with E-state index in [1.165, 1.54) is 64.2 Å². The second-order valence-corrected chi connectivity index (χ2v) is 15.2. The standard InChI is InChI=1S/C44H79N2O6P/c1-3-5-7-9-11-13-15-17-19-20-21-22-24-25-27-29-31-33-35-37-43(47)42(41-52-53(49,50)51-40-39-45)46-44(48)38-36-34-32-30-28-26-23-18-16-14-12-10-8-6-4-2/h6,8,12,14,18,21-23,27,29,35,37,42-43,47H,3-5,7,9-11,13,15-17,19-20,24-26,28,30-34,36,38-41,45H2,1-2H3,(H,46,48)(H,49,50)/b8-6-,14-12-,22-21+,23-18-,29-27+,37-35+. The number of hydrogen-bond donors (Lipinski definition) is 4. The highest BCUT2D eigenvalue weighted by Crippen LogP contribution is 2.43. The Balaban J connectivity index is 4.37. The topological polar surface area (TPSA) is 131 Å². The van der Waals surface area contributed by atoms with E-state index >= 15 is 0 Å². The van der Waals surface area contributed by atoms with Gasteiger partial charge in [0, 0.05) is 13.0 Å². The van der Waals surface area contributed by atoms with Crippen LogP contribution in [0, 0.1) is 0 Å². The third kappa shape index (κ3) is 38.0. The molecule has 0 rings (SSSR count). The summed E-state index contributed by atoms with van der Waals surface area (Å²) in [6.45, 7) is 3.96. The van der Waals surface area contributed by atoms with Gasteiger partial charge in [0.15, 0.2) is 0 Å². The Morgan fingerprint density at radius 1 is 0.642 bits per heavy atom. The van der Waals surface area contributed by atoms with Crippen LogP contribution >= 0.6 is 7.82 Å². The van der Waals surface area contributed by atoms with E-state index in [4.69, 9.17) is 14.8 Å². The van der Waals surface area contributed by atoms with Gasteiger partial charge in [-0.05, 0) is 77.0 Å². The number of phosphoric ester groups is 1. The average Bonchev–Trinajstić information content (AvgIpc) is 3.14. The van der Waals surface area contributed by atoms with Gasteiger partial charge in [0.1, 0.15) is 0 Å². The number of carbonyl (C=O) groups is 1. The number of aliphatic hydroxyl groups is 1. The lowest BCUT2D eigenvalue weighted by Gasteiger charge is -2.23. The molecule has 0 aliphatic carbocycles. The predicted molar refractivity (Wildman–Crippen MR) is 226 cm³/mol. The number of carbonyl (C=O) groups excluding carboxylic acids is 1. The maximum absolute atomic E-state index is 12.7. The molecule has 0 spiro atoms. The summed E-state index contributed by atoms with van der Waals surface area (Å²) in [4.78, 5) is 22.7. The Morgan fingerprint density at radius 2 is 1.11 bits per heavy atom. The van der Waals surface area contributed by atoms with Crippen molar-refractivity contribution >= 4 is 13.7 Å². The SMILES string of the molecule is CC/C=C\C/C=C\C/C=C\CCCCCCCC(=O)NC(COP(=O)(O)OCCN)C(O)/C=C/CC/C=C/CC/C=C/CCCCCCCCCCC. The van der Waals surface area contributed by atoms with E-state index in [9.17, 15) is 19.4 Å². The summed E-state index contributed by atoms with van der Waals surface area (Å²) < 4.78 is 22.1. The van der Waals surface area contributed by atoms with Crippen LogP contribution in [0.15, 0.2) is 72.9 Å². The van der Waals surface area contributed by atoms with Gasteiger partial charge in [-0.1, -0.05) is 157 Å². The minimum Gasteiger partial charge on any atom is -0.387 e. The molecule has 5 N–H and O–H groups in total. The Bertz CT molecular complexity index is 1050. The molecule has 3 atom stereocenters. The van der Waals surface area contributed by atoms with Crippen LogP contribution in [0.3, 0.4) is 0 Å². The van der Waals surface area contributed by atoms with Crippen LogP contribution < -0.4 is 11.1 Å². The summed E-state index contributed by atoms with van der Waals surface area (Å²) in [6.07, 6.45) is 51.0. The van der Waals surface area contributed by atoms with E-state index in [0.717, 1.165) is 83.5 Å². The van der Waals surface area contributed by atoms with Crippen LogP contribution in [-0.4, -0.2) is 47.8 Å². The minimum absolute atomic E-state index is 0.0652. The molecule has 0 aromatic rings. The van der Waals surface area contributed by atoms with Crippen molar-refractivity contribution in [2.24, 2.45) is 5.73 Å².